The summed E-state index contributed by atoms with van der Waals surface area (Å²) in [5, 5.41) is 8.40. The van der Waals surface area contributed by atoms with Crippen LogP contribution in [0.5, 0.6) is 0 Å². The summed E-state index contributed by atoms with van der Waals surface area (Å²) in [6.07, 6.45) is 7.55. The summed E-state index contributed by atoms with van der Waals surface area (Å²) >= 11 is 0. The van der Waals surface area contributed by atoms with Crippen molar-refractivity contribution in [1.29, 1.82) is 0 Å². The van der Waals surface area contributed by atoms with Crippen molar-refractivity contribution < 1.29 is 9.90 Å². The Morgan fingerprint density at radius 1 is 1.54 bits per heavy atom. The second kappa shape index (κ2) is 5.35. The molecular formula is C9H14N2O2. The number of carboxylic acids is 1. The van der Waals surface area contributed by atoms with Crippen molar-refractivity contribution in [3.05, 3.63) is 12.3 Å². The van der Waals surface area contributed by atoms with E-state index in [9.17, 15) is 4.79 Å². The molecule has 0 bridgehead atoms. The Bertz CT molecular complexity index is 224. The Labute approximate surface area is 77.6 Å². The van der Waals surface area contributed by atoms with Crippen molar-refractivity contribution in [2.24, 2.45) is 4.99 Å². The van der Waals surface area contributed by atoms with Crippen LogP contribution in [0.4, 0.5) is 0 Å². The number of allylic oxidation sites excluding steroid dienone is 1. The van der Waals surface area contributed by atoms with Crippen LogP contribution >= 0.6 is 0 Å². The summed E-state index contributed by atoms with van der Waals surface area (Å²) in [6.45, 7) is 1.59. The normalized spacial score (nSPS) is 14.9. The first-order valence-corrected chi connectivity index (χ1v) is 4.41. The lowest BCUT2D eigenvalue weighted by molar-refractivity contribution is -0.137. The van der Waals surface area contributed by atoms with Crippen molar-refractivity contribution >= 4 is 12.2 Å². The summed E-state index contributed by atoms with van der Waals surface area (Å²) < 4.78 is 0. The zero-order valence-corrected chi connectivity index (χ0v) is 7.52. The molecule has 72 valence electrons. The quantitative estimate of drug-likeness (QED) is 0.648. The molecule has 4 heteroatoms. The van der Waals surface area contributed by atoms with Crippen molar-refractivity contribution in [3.63, 3.8) is 0 Å². The van der Waals surface area contributed by atoms with E-state index in [1.807, 2.05) is 12.3 Å². The molecule has 0 radical (unpaired) electrons. The molecule has 1 heterocycles. The zero-order chi connectivity index (χ0) is 9.52. The lowest BCUT2D eigenvalue weighted by atomic mass is 10.2. The maximum Gasteiger partial charge on any atom is 0.303 e. The third-order valence-corrected chi connectivity index (χ3v) is 1.84. The van der Waals surface area contributed by atoms with Gasteiger partial charge >= 0.3 is 5.97 Å². The first kappa shape index (κ1) is 9.77. The predicted octanol–water partition coefficient (Wildman–Crippen LogP) is 1.10. The van der Waals surface area contributed by atoms with Gasteiger partial charge in [-0.25, -0.2) is 0 Å². The fourth-order valence-electron chi connectivity index (χ4n) is 1.16. The average molecular weight is 182 g/mol. The molecule has 1 rings (SSSR count). The number of hydrogen-bond acceptors (Lipinski definition) is 3. The number of carbonyl (C=O) groups is 1. The molecule has 0 spiro atoms. The summed E-state index contributed by atoms with van der Waals surface area (Å²) in [4.78, 5) is 16.3. The molecule has 1 aliphatic rings. The second-order valence-electron chi connectivity index (χ2n) is 2.98. The van der Waals surface area contributed by atoms with Crippen LogP contribution in [0.1, 0.15) is 19.3 Å². The first-order chi connectivity index (χ1) is 6.29. The highest BCUT2D eigenvalue weighted by Crippen LogP contribution is 2.01. The maximum absolute atomic E-state index is 10.2. The molecule has 0 saturated heterocycles. The van der Waals surface area contributed by atoms with Crippen LogP contribution in [-0.4, -0.2) is 35.4 Å². The number of unbranched alkanes of at least 4 members (excludes halogenated alkanes) is 1. The van der Waals surface area contributed by atoms with E-state index in [-0.39, 0.29) is 6.42 Å². The van der Waals surface area contributed by atoms with Gasteiger partial charge < -0.3 is 10.0 Å². The molecule has 0 aromatic carbocycles. The van der Waals surface area contributed by atoms with Crippen LogP contribution in [0.25, 0.3) is 0 Å². The Morgan fingerprint density at radius 2 is 2.38 bits per heavy atom. The molecule has 0 saturated carbocycles. The summed E-state index contributed by atoms with van der Waals surface area (Å²) in [7, 11) is 0. The molecule has 13 heavy (non-hydrogen) atoms. The number of nitrogens with zero attached hydrogens (tertiary/aromatic N) is 2. The van der Waals surface area contributed by atoms with Gasteiger partial charge in [-0.15, -0.1) is 0 Å². The van der Waals surface area contributed by atoms with Gasteiger partial charge in [-0.3, -0.25) is 9.79 Å². The Kier molecular flexibility index (Phi) is 4.02. The van der Waals surface area contributed by atoms with E-state index >= 15 is 0 Å². The smallest absolute Gasteiger partial charge is 0.303 e. The molecule has 0 aromatic heterocycles. The van der Waals surface area contributed by atoms with Gasteiger partial charge in [-0.05, 0) is 18.9 Å². The molecule has 0 aliphatic carbocycles. The molecule has 1 N–H and O–H groups in total. The predicted molar refractivity (Wildman–Crippen MR) is 50.7 cm³/mol. The molecule has 0 aromatic rings. The Hall–Kier alpha value is -1.32. The van der Waals surface area contributed by atoms with Crippen molar-refractivity contribution in [3.8, 4) is 0 Å². The van der Waals surface area contributed by atoms with Crippen molar-refractivity contribution in [1.82, 2.24) is 4.90 Å². The van der Waals surface area contributed by atoms with Crippen LogP contribution in [-0.2, 0) is 4.79 Å². The average Bonchev–Trinajstić information content (AvgIpc) is 2.14. The highest BCUT2D eigenvalue weighted by molar-refractivity contribution is 5.71. The van der Waals surface area contributed by atoms with Gasteiger partial charge in [-0.2, -0.15) is 0 Å². The molecule has 4 nitrogen and oxygen atoms in total. The molecule has 0 amide bonds. The van der Waals surface area contributed by atoms with Gasteiger partial charge in [-0.1, -0.05) is 0 Å². The molecular weight excluding hydrogens is 168 g/mol. The second-order valence-corrected chi connectivity index (χ2v) is 2.98. The molecule has 0 atom stereocenters. The highest BCUT2D eigenvalue weighted by Gasteiger charge is 2.01. The lowest BCUT2D eigenvalue weighted by Crippen LogP contribution is -2.20. The number of aliphatic carboxylic acids is 1. The van der Waals surface area contributed by atoms with E-state index in [1.54, 1.807) is 6.21 Å². The van der Waals surface area contributed by atoms with Crippen LogP contribution in [0.3, 0.4) is 0 Å². The number of carboxylic acid groups (broad SMARTS) is 1. The summed E-state index contributed by atoms with van der Waals surface area (Å²) in [5.41, 5.74) is 0. The zero-order valence-electron chi connectivity index (χ0n) is 7.52. The third kappa shape index (κ3) is 4.30. The topological polar surface area (TPSA) is 52.9 Å². The van der Waals surface area contributed by atoms with Crippen molar-refractivity contribution in [2.45, 2.75) is 19.3 Å². The SMILES string of the molecule is O=C(O)CCCCN1C=CC=NC1. The maximum atomic E-state index is 10.2. The van der Waals surface area contributed by atoms with Crippen molar-refractivity contribution in [2.75, 3.05) is 13.2 Å². The lowest BCUT2D eigenvalue weighted by Gasteiger charge is -2.19. The van der Waals surface area contributed by atoms with Gasteiger partial charge in [0.05, 0.1) is 0 Å². The minimum Gasteiger partial charge on any atom is -0.481 e. The van der Waals surface area contributed by atoms with E-state index in [0.29, 0.717) is 6.67 Å². The number of rotatable bonds is 5. The van der Waals surface area contributed by atoms with Crippen LogP contribution in [0.2, 0.25) is 0 Å². The van der Waals surface area contributed by atoms with Gasteiger partial charge in [0.2, 0.25) is 0 Å². The minimum absolute atomic E-state index is 0.265. The minimum atomic E-state index is -0.716. The molecule has 1 aliphatic heterocycles. The Morgan fingerprint density at radius 3 is 3.00 bits per heavy atom. The van der Waals surface area contributed by atoms with Gasteiger partial charge in [0.15, 0.2) is 0 Å². The summed E-state index contributed by atoms with van der Waals surface area (Å²) in [5.74, 6) is -0.716. The third-order valence-electron chi connectivity index (χ3n) is 1.84. The van der Waals surface area contributed by atoms with Gasteiger partial charge in [0, 0.05) is 25.4 Å². The van der Waals surface area contributed by atoms with E-state index in [1.165, 1.54) is 0 Å². The van der Waals surface area contributed by atoms with Crippen LogP contribution in [0, 0.1) is 0 Å². The van der Waals surface area contributed by atoms with E-state index < -0.39 is 5.97 Å². The van der Waals surface area contributed by atoms with E-state index in [4.69, 9.17) is 5.11 Å². The number of hydrogen-bond donors (Lipinski definition) is 1. The first-order valence-electron chi connectivity index (χ1n) is 4.41. The van der Waals surface area contributed by atoms with E-state index in [2.05, 4.69) is 9.89 Å². The highest BCUT2D eigenvalue weighted by atomic mass is 16.4. The van der Waals surface area contributed by atoms with Crippen LogP contribution < -0.4 is 0 Å². The fraction of sp³-hybridized carbons (Fsp3) is 0.556. The largest absolute Gasteiger partial charge is 0.481 e. The molecule has 0 fully saturated rings. The van der Waals surface area contributed by atoms with Gasteiger partial charge in [0.25, 0.3) is 0 Å². The summed E-state index contributed by atoms with van der Waals surface area (Å²) in [6, 6.07) is 0. The van der Waals surface area contributed by atoms with Gasteiger partial charge in [0.1, 0.15) is 6.67 Å². The standard InChI is InChI=1S/C9H14N2O2/c12-9(13)4-1-2-6-11-7-3-5-10-8-11/h3,5,7H,1-2,4,6,8H2,(H,12,13). The molecule has 0 unspecified atom stereocenters. The van der Waals surface area contributed by atoms with Crippen LogP contribution in [0.15, 0.2) is 17.3 Å². The number of aliphatic imine (C=N–C) groups is 1. The monoisotopic (exact) mass is 182 g/mol. The van der Waals surface area contributed by atoms with E-state index in [0.717, 1.165) is 19.4 Å². The Balaban J connectivity index is 2.03. The fourth-order valence-corrected chi connectivity index (χ4v) is 1.16.